The molecule has 0 amide bonds. The number of H-pyrrole nitrogens is 1. The molecule has 28 heavy (non-hydrogen) atoms. The Morgan fingerprint density at radius 3 is 2.64 bits per heavy atom. The van der Waals surface area contributed by atoms with Crippen LogP contribution in [0.4, 0.5) is 0 Å². The highest BCUT2D eigenvalue weighted by Gasteiger charge is 2.09. The second-order valence-electron chi connectivity index (χ2n) is 6.99. The highest BCUT2D eigenvalue weighted by molar-refractivity contribution is 14.0. The van der Waals surface area contributed by atoms with E-state index in [1.165, 1.54) is 22.0 Å². The first-order valence-electron chi connectivity index (χ1n) is 9.40. The van der Waals surface area contributed by atoms with Crippen LogP contribution in [0.15, 0.2) is 33.9 Å². The topological polar surface area (TPSA) is 91.1 Å². The number of nitrogens with zero attached hydrogens (tertiary/aromatic N) is 3. The molecule has 2 heterocycles. The summed E-state index contributed by atoms with van der Waals surface area (Å²) in [6.45, 7) is 7.69. The number of nitrogens with one attached hydrogen (secondary N) is 3. The van der Waals surface area contributed by atoms with Gasteiger partial charge in [-0.25, -0.2) is 0 Å². The van der Waals surface area contributed by atoms with E-state index in [0.717, 1.165) is 24.7 Å². The quantitative estimate of drug-likeness (QED) is 0.265. The van der Waals surface area contributed by atoms with Crippen molar-refractivity contribution in [1.82, 2.24) is 25.8 Å². The van der Waals surface area contributed by atoms with Crippen molar-refractivity contribution in [3.8, 4) is 0 Å². The summed E-state index contributed by atoms with van der Waals surface area (Å²) >= 11 is 0. The molecule has 0 bridgehead atoms. The third-order valence-electron chi connectivity index (χ3n) is 4.46. The molecule has 0 saturated carbocycles. The van der Waals surface area contributed by atoms with Gasteiger partial charge in [-0.2, -0.15) is 4.98 Å². The molecule has 0 spiro atoms. The number of aliphatic imine (C=N–C) groups is 1. The van der Waals surface area contributed by atoms with Crippen LogP contribution in [0.5, 0.6) is 0 Å². The van der Waals surface area contributed by atoms with Gasteiger partial charge < -0.3 is 20.1 Å². The Bertz CT molecular complexity index is 914. The van der Waals surface area contributed by atoms with E-state index in [9.17, 15) is 0 Å². The van der Waals surface area contributed by atoms with Crippen LogP contribution < -0.4 is 10.6 Å². The minimum Gasteiger partial charge on any atom is -0.361 e. The molecule has 0 saturated heterocycles. The van der Waals surface area contributed by atoms with E-state index in [2.05, 4.69) is 62.1 Å². The fraction of sp³-hybridized carbons (Fsp3) is 0.450. The molecular weight excluding hydrogens is 467 g/mol. The monoisotopic (exact) mass is 496 g/mol. The number of hydrogen-bond donors (Lipinski definition) is 3. The van der Waals surface area contributed by atoms with E-state index in [1.54, 1.807) is 7.05 Å². The molecular formula is C20H29IN6O. The number of hydrogen-bond acceptors (Lipinski definition) is 4. The average Bonchev–Trinajstić information content (AvgIpc) is 3.27. The van der Waals surface area contributed by atoms with Crippen molar-refractivity contribution in [1.29, 1.82) is 0 Å². The zero-order valence-corrected chi connectivity index (χ0v) is 19.2. The fourth-order valence-corrected chi connectivity index (χ4v) is 2.94. The molecule has 0 fully saturated rings. The summed E-state index contributed by atoms with van der Waals surface area (Å²) in [5.74, 6) is 2.45. The number of aromatic amines is 1. The molecule has 3 rings (SSSR count). The number of fused-ring (bicyclic) bond motifs is 1. The van der Waals surface area contributed by atoms with Crippen LogP contribution in [0.25, 0.3) is 10.9 Å². The van der Waals surface area contributed by atoms with Gasteiger partial charge in [-0.3, -0.25) is 4.99 Å². The maximum absolute atomic E-state index is 5.26. The van der Waals surface area contributed by atoms with E-state index in [4.69, 9.17) is 4.52 Å². The Hall–Kier alpha value is -2.10. The largest absolute Gasteiger partial charge is 0.361 e. The molecule has 2 aromatic heterocycles. The molecule has 0 radical (unpaired) electrons. The predicted octanol–water partition coefficient (Wildman–Crippen LogP) is 3.55. The van der Waals surface area contributed by atoms with Gasteiger partial charge in [0.25, 0.3) is 0 Å². The van der Waals surface area contributed by atoms with Crippen LogP contribution in [-0.2, 0) is 12.8 Å². The van der Waals surface area contributed by atoms with Crippen LogP contribution >= 0.6 is 24.0 Å². The van der Waals surface area contributed by atoms with Crippen LogP contribution in [-0.4, -0.2) is 41.2 Å². The summed E-state index contributed by atoms with van der Waals surface area (Å²) in [6.07, 6.45) is 3.68. The number of guanidine groups is 1. The van der Waals surface area contributed by atoms with Gasteiger partial charge in [-0.05, 0) is 30.5 Å². The molecule has 152 valence electrons. The van der Waals surface area contributed by atoms with Crippen molar-refractivity contribution >= 4 is 40.8 Å². The van der Waals surface area contributed by atoms with Crippen LogP contribution in [0.1, 0.15) is 42.6 Å². The van der Waals surface area contributed by atoms with Gasteiger partial charge in [0.05, 0.1) is 0 Å². The van der Waals surface area contributed by atoms with Crippen LogP contribution in [0, 0.1) is 6.92 Å². The lowest BCUT2D eigenvalue weighted by Gasteiger charge is -2.10. The lowest BCUT2D eigenvalue weighted by Crippen LogP contribution is -2.39. The lowest BCUT2D eigenvalue weighted by atomic mass is 10.1. The molecule has 0 atom stereocenters. The molecule has 0 unspecified atom stereocenters. The molecule has 0 aliphatic heterocycles. The van der Waals surface area contributed by atoms with E-state index in [0.29, 0.717) is 18.9 Å². The molecule has 8 heteroatoms. The molecule has 0 aliphatic carbocycles. The first-order chi connectivity index (χ1) is 13.1. The van der Waals surface area contributed by atoms with E-state index >= 15 is 0 Å². The zero-order valence-electron chi connectivity index (χ0n) is 16.9. The molecule has 0 aliphatic rings. The van der Waals surface area contributed by atoms with E-state index in [1.807, 2.05) is 13.8 Å². The normalized spacial score (nSPS) is 11.7. The highest BCUT2D eigenvalue weighted by Crippen LogP contribution is 2.19. The van der Waals surface area contributed by atoms with Crippen molar-refractivity contribution in [3.63, 3.8) is 0 Å². The van der Waals surface area contributed by atoms with Gasteiger partial charge >= 0.3 is 0 Å². The second kappa shape index (κ2) is 10.4. The van der Waals surface area contributed by atoms with E-state index < -0.39 is 0 Å². The maximum Gasteiger partial charge on any atom is 0.228 e. The fourth-order valence-electron chi connectivity index (χ4n) is 2.94. The van der Waals surface area contributed by atoms with E-state index in [-0.39, 0.29) is 29.9 Å². The Morgan fingerprint density at radius 2 is 1.96 bits per heavy atom. The molecule has 1 aromatic carbocycles. The van der Waals surface area contributed by atoms with Crippen molar-refractivity contribution in [3.05, 3.63) is 47.2 Å². The Labute approximate surface area is 182 Å². The first-order valence-corrected chi connectivity index (χ1v) is 9.40. The summed E-state index contributed by atoms with van der Waals surface area (Å²) in [5.41, 5.74) is 3.76. The number of benzene rings is 1. The zero-order chi connectivity index (χ0) is 19.2. The van der Waals surface area contributed by atoms with Gasteiger partial charge in [0, 0.05) is 49.6 Å². The minimum absolute atomic E-state index is 0. The Balaban J connectivity index is 0.00000280. The third kappa shape index (κ3) is 5.70. The SMILES string of the molecule is CN=C(NCCc1nc(C(C)C)no1)NCCc1c[nH]c2cc(C)ccc12.I. The summed E-state index contributed by atoms with van der Waals surface area (Å²) in [4.78, 5) is 12.0. The van der Waals surface area contributed by atoms with Crippen LogP contribution in [0.3, 0.4) is 0 Å². The lowest BCUT2D eigenvalue weighted by molar-refractivity contribution is 0.371. The number of aromatic nitrogens is 3. The summed E-state index contributed by atoms with van der Waals surface area (Å²) in [7, 11) is 1.77. The summed E-state index contributed by atoms with van der Waals surface area (Å²) < 4.78 is 5.26. The minimum atomic E-state index is 0. The summed E-state index contributed by atoms with van der Waals surface area (Å²) in [6, 6.07) is 6.50. The standard InChI is InChI=1S/C20H28N6O.HI/c1-13(2)19-25-18(27-26-19)8-10-23-20(21-4)22-9-7-15-12-24-17-11-14(3)5-6-16(15)17;/h5-6,11-13,24H,7-10H2,1-4H3,(H2,21,22,23);1H. The van der Waals surface area contributed by atoms with Gasteiger partial charge in [0.15, 0.2) is 11.8 Å². The van der Waals surface area contributed by atoms with Crippen molar-refractivity contribution < 1.29 is 4.52 Å². The molecule has 3 N–H and O–H groups in total. The average molecular weight is 496 g/mol. The highest BCUT2D eigenvalue weighted by atomic mass is 127. The Morgan fingerprint density at radius 1 is 1.21 bits per heavy atom. The smallest absolute Gasteiger partial charge is 0.228 e. The van der Waals surface area contributed by atoms with Gasteiger partial charge in [0.2, 0.25) is 5.89 Å². The van der Waals surface area contributed by atoms with Gasteiger partial charge in [0.1, 0.15) is 0 Å². The van der Waals surface area contributed by atoms with Crippen molar-refractivity contribution in [2.24, 2.45) is 4.99 Å². The van der Waals surface area contributed by atoms with Gasteiger partial charge in [-0.1, -0.05) is 31.1 Å². The molecule has 7 nitrogen and oxygen atoms in total. The second-order valence-corrected chi connectivity index (χ2v) is 6.99. The first kappa shape index (κ1) is 22.2. The van der Waals surface area contributed by atoms with Crippen molar-refractivity contribution in [2.75, 3.05) is 20.1 Å². The molecule has 3 aromatic rings. The van der Waals surface area contributed by atoms with Crippen LogP contribution in [0.2, 0.25) is 0 Å². The predicted molar refractivity (Wildman–Crippen MR) is 124 cm³/mol. The number of halogens is 1. The number of aryl methyl sites for hydroxylation is 1. The third-order valence-corrected chi connectivity index (χ3v) is 4.46. The van der Waals surface area contributed by atoms with Gasteiger partial charge in [-0.15, -0.1) is 24.0 Å². The van der Waals surface area contributed by atoms with Crippen molar-refractivity contribution in [2.45, 2.75) is 39.5 Å². The Kier molecular flexibility index (Phi) is 8.28. The maximum atomic E-state index is 5.26. The summed E-state index contributed by atoms with van der Waals surface area (Å²) in [5, 5.41) is 11.9. The number of rotatable bonds is 7.